The summed E-state index contributed by atoms with van der Waals surface area (Å²) >= 11 is 0. The largest absolute Gasteiger partial charge is 0.328 e. The van der Waals surface area contributed by atoms with Crippen molar-refractivity contribution in [2.45, 2.75) is 19.9 Å². The first-order chi connectivity index (χ1) is 1.73. The second kappa shape index (κ2) is 5.60. The molecule has 0 unspecified atom stereocenters. The third kappa shape index (κ3) is 28.4. The van der Waals surface area contributed by atoms with Crippen molar-refractivity contribution in [2.75, 3.05) is 0 Å². The monoisotopic (exact) mass is 98.0 g/mol. The van der Waals surface area contributed by atoms with Gasteiger partial charge in [-0.15, -0.1) is 0 Å². The smallest absolute Gasteiger partial charge is 0 e. The summed E-state index contributed by atoms with van der Waals surface area (Å²) in [5.74, 6) is 0. The van der Waals surface area contributed by atoms with Crippen LogP contribution in [-0.4, -0.2) is 57.4 Å². The van der Waals surface area contributed by atoms with E-state index < -0.39 is 0 Å². The quantitative estimate of drug-likeness (QED) is 0.423. The second-order valence-corrected chi connectivity index (χ2v) is 1.24. The molecule has 5 heavy (non-hydrogen) atoms. The Kier molecular flexibility index (Phi) is 10.9. The van der Waals surface area contributed by atoms with Crippen LogP contribution in [0, 0.1) is 0 Å². The zero-order valence-corrected chi connectivity index (χ0v) is 7.28. The maximum absolute atomic E-state index is 5.11. The Labute approximate surface area is 75.7 Å². The van der Waals surface area contributed by atoms with E-state index in [4.69, 9.17) is 5.73 Å². The summed E-state index contributed by atoms with van der Waals surface area (Å²) < 4.78 is 0. The molecule has 0 saturated heterocycles. The van der Waals surface area contributed by atoms with Crippen molar-refractivity contribution in [3.63, 3.8) is 0 Å². The van der Waals surface area contributed by atoms with Crippen LogP contribution < -0.4 is 5.73 Å². The first-order valence-corrected chi connectivity index (χ1v) is 1.49. The molecule has 0 aliphatic heterocycles. The van der Waals surface area contributed by atoms with Gasteiger partial charge in [-0.25, -0.2) is 0 Å². The van der Waals surface area contributed by atoms with Crippen molar-refractivity contribution in [3.05, 3.63) is 0 Å². The van der Waals surface area contributed by atoms with Gasteiger partial charge in [-0.05, 0) is 6.04 Å². The van der Waals surface area contributed by atoms with Crippen LogP contribution in [0.5, 0.6) is 0 Å². The number of hydrogen-bond acceptors (Lipinski definition) is 1. The van der Waals surface area contributed by atoms with Crippen molar-refractivity contribution in [2.24, 2.45) is 5.73 Å². The molecule has 0 amide bonds. The standard InChI is InChI=1S/C3H9N.K/c1-3(2)4;/h3H,4H2,1-2H3;. The summed E-state index contributed by atoms with van der Waals surface area (Å²) in [5, 5.41) is 0. The van der Waals surface area contributed by atoms with Crippen LogP contribution >= 0.6 is 0 Å². The van der Waals surface area contributed by atoms with Gasteiger partial charge in [0.25, 0.3) is 0 Å². The van der Waals surface area contributed by atoms with Crippen LogP contribution in [-0.2, 0) is 0 Å². The van der Waals surface area contributed by atoms with Gasteiger partial charge >= 0.3 is 0 Å². The fourth-order valence-electron chi connectivity index (χ4n) is 0. The summed E-state index contributed by atoms with van der Waals surface area (Å²) in [5.41, 5.74) is 5.11. The molecule has 27 valence electrons. The molecular weight excluding hydrogens is 89.1 g/mol. The molecule has 0 aliphatic rings. The maximum atomic E-state index is 5.11. The van der Waals surface area contributed by atoms with Crippen molar-refractivity contribution >= 4 is 51.4 Å². The fraction of sp³-hybridized carbons (Fsp3) is 1.00. The van der Waals surface area contributed by atoms with Gasteiger partial charge in [-0.3, -0.25) is 0 Å². The van der Waals surface area contributed by atoms with Crippen LogP contribution in [0.3, 0.4) is 0 Å². The first-order valence-electron chi connectivity index (χ1n) is 1.49. The van der Waals surface area contributed by atoms with E-state index in [1.54, 1.807) is 0 Å². The minimum atomic E-state index is 0. The second-order valence-electron chi connectivity index (χ2n) is 1.24. The molecule has 0 spiro atoms. The molecule has 2 heteroatoms. The Hall–Kier alpha value is 1.60. The van der Waals surface area contributed by atoms with Gasteiger partial charge in [0.15, 0.2) is 0 Å². The minimum Gasteiger partial charge on any atom is -0.328 e. The molecule has 2 N–H and O–H groups in total. The summed E-state index contributed by atoms with van der Waals surface area (Å²) in [6, 6.07) is 0.333. The molecule has 0 heterocycles. The minimum absolute atomic E-state index is 0. The van der Waals surface area contributed by atoms with E-state index in [2.05, 4.69) is 0 Å². The molecule has 0 aromatic rings. The molecule has 0 bridgehead atoms. The Morgan fingerprint density at radius 3 is 1.40 bits per heavy atom. The van der Waals surface area contributed by atoms with Crippen molar-refractivity contribution in [3.8, 4) is 0 Å². The summed E-state index contributed by atoms with van der Waals surface area (Å²) in [6.45, 7) is 3.89. The van der Waals surface area contributed by atoms with E-state index in [0.29, 0.717) is 6.04 Å². The van der Waals surface area contributed by atoms with Crippen molar-refractivity contribution in [1.29, 1.82) is 0 Å². The van der Waals surface area contributed by atoms with E-state index >= 15 is 0 Å². The van der Waals surface area contributed by atoms with Crippen LogP contribution in [0.4, 0.5) is 0 Å². The molecule has 1 radical (unpaired) electrons. The molecule has 0 fully saturated rings. The van der Waals surface area contributed by atoms with E-state index in [0.717, 1.165) is 0 Å². The van der Waals surface area contributed by atoms with Gasteiger partial charge in [0, 0.05) is 51.4 Å². The van der Waals surface area contributed by atoms with E-state index in [1.807, 2.05) is 13.8 Å². The molecule has 0 rings (SSSR count). The molecular formula is C3H9KN. The summed E-state index contributed by atoms with van der Waals surface area (Å²) in [6.07, 6.45) is 0. The molecule has 0 aromatic heterocycles. The van der Waals surface area contributed by atoms with Gasteiger partial charge in [0.1, 0.15) is 0 Å². The van der Waals surface area contributed by atoms with Gasteiger partial charge < -0.3 is 5.73 Å². The Bertz CT molecular complexity index is 11.6. The molecule has 1 nitrogen and oxygen atoms in total. The maximum Gasteiger partial charge on any atom is 0 e. The predicted molar refractivity (Wildman–Crippen MR) is 25.1 cm³/mol. The van der Waals surface area contributed by atoms with Crippen LogP contribution in [0.2, 0.25) is 0 Å². The molecule has 0 atom stereocenters. The van der Waals surface area contributed by atoms with Gasteiger partial charge in [0.2, 0.25) is 0 Å². The van der Waals surface area contributed by atoms with Gasteiger partial charge in [0.05, 0.1) is 0 Å². The first kappa shape index (κ1) is 9.78. The third-order valence-corrected chi connectivity index (χ3v) is 0. The van der Waals surface area contributed by atoms with Crippen LogP contribution in [0.15, 0.2) is 0 Å². The van der Waals surface area contributed by atoms with Crippen molar-refractivity contribution in [1.82, 2.24) is 0 Å². The van der Waals surface area contributed by atoms with Crippen LogP contribution in [0.1, 0.15) is 13.8 Å². The van der Waals surface area contributed by atoms with E-state index in [9.17, 15) is 0 Å². The topological polar surface area (TPSA) is 26.0 Å². The van der Waals surface area contributed by atoms with E-state index in [1.165, 1.54) is 0 Å². The number of hydrogen-bond donors (Lipinski definition) is 1. The normalized spacial score (nSPS) is 7.20. The molecule has 0 aromatic carbocycles. The molecule has 0 aliphatic carbocycles. The SMILES string of the molecule is CC(C)N.[K]. The van der Waals surface area contributed by atoms with Crippen molar-refractivity contribution < 1.29 is 0 Å². The van der Waals surface area contributed by atoms with Gasteiger partial charge in [-0.1, -0.05) is 13.8 Å². The average molecular weight is 98.2 g/mol. The number of nitrogens with two attached hydrogens (primary N) is 1. The zero-order valence-electron chi connectivity index (χ0n) is 4.15. The number of rotatable bonds is 0. The Morgan fingerprint density at radius 2 is 1.40 bits per heavy atom. The predicted octanol–water partition coefficient (Wildman–Crippen LogP) is -0.0273. The Morgan fingerprint density at radius 1 is 1.40 bits per heavy atom. The average Bonchev–Trinajstić information content (AvgIpc) is 0.811. The van der Waals surface area contributed by atoms with Gasteiger partial charge in [-0.2, -0.15) is 0 Å². The fourth-order valence-corrected chi connectivity index (χ4v) is 0. The van der Waals surface area contributed by atoms with E-state index in [-0.39, 0.29) is 51.4 Å². The molecule has 0 saturated carbocycles. The Balaban J connectivity index is 0. The van der Waals surface area contributed by atoms with Crippen LogP contribution in [0.25, 0.3) is 0 Å². The summed E-state index contributed by atoms with van der Waals surface area (Å²) in [4.78, 5) is 0. The zero-order chi connectivity index (χ0) is 3.58. The third-order valence-electron chi connectivity index (χ3n) is 0. The summed E-state index contributed by atoms with van der Waals surface area (Å²) in [7, 11) is 0.